The number of unbranched alkanes of at least 4 members (excludes halogenated alkanes) is 1. The number of sulfonamides is 1. The largest absolute Gasteiger partial charge is 0.355 e. The van der Waals surface area contributed by atoms with Crippen LogP contribution >= 0.6 is 24.2 Å². The van der Waals surface area contributed by atoms with Crippen LogP contribution in [0, 0.1) is 0 Å². The maximum atomic E-state index is 13.0. The molecular weight excluding hydrogens is 606 g/mol. The van der Waals surface area contributed by atoms with E-state index in [2.05, 4.69) is 17.9 Å². The van der Waals surface area contributed by atoms with Crippen LogP contribution in [-0.4, -0.2) is 49.4 Å². The Morgan fingerprint density at radius 2 is 1.67 bits per heavy atom. The Labute approximate surface area is 264 Å². The predicted molar refractivity (Wildman–Crippen MR) is 173 cm³/mol. The van der Waals surface area contributed by atoms with Crippen molar-refractivity contribution in [2.75, 3.05) is 13.1 Å². The smallest absolute Gasteiger partial charge is 0.264 e. The van der Waals surface area contributed by atoms with E-state index in [1.165, 1.54) is 6.07 Å². The Bertz CT molecular complexity index is 1510. The van der Waals surface area contributed by atoms with Gasteiger partial charge in [0.2, 0.25) is 17.7 Å². The average molecular weight is 644 g/mol. The van der Waals surface area contributed by atoms with Gasteiger partial charge in [-0.15, -0.1) is 0 Å². The van der Waals surface area contributed by atoms with Gasteiger partial charge in [-0.05, 0) is 47.7 Å². The molecule has 3 aromatic carbocycles. The Morgan fingerprint density at radius 3 is 2.35 bits per heavy atom. The van der Waals surface area contributed by atoms with Gasteiger partial charge >= 0.3 is 0 Å². The lowest BCUT2D eigenvalue weighted by Crippen LogP contribution is -2.36. The number of halogens is 1. The minimum absolute atomic E-state index is 0.00338. The molecule has 0 saturated heterocycles. The monoisotopic (exact) mass is 643 g/mol. The van der Waals surface area contributed by atoms with E-state index in [1.54, 1.807) is 35.2 Å². The lowest BCUT2D eigenvalue weighted by molar-refractivity contribution is -0.132. The van der Waals surface area contributed by atoms with Crippen molar-refractivity contribution < 1.29 is 22.8 Å². The summed E-state index contributed by atoms with van der Waals surface area (Å²) in [5, 5.41) is 3.49. The van der Waals surface area contributed by atoms with Gasteiger partial charge in [-0.1, -0.05) is 79.5 Å². The molecule has 2 N–H and O–H groups in total. The number of benzene rings is 3. The second-order valence-electron chi connectivity index (χ2n) is 10.3. The number of nitrogens with zero attached hydrogens (tertiary/aromatic N) is 1. The van der Waals surface area contributed by atoms with E-state index in [4.69, 9.17) is 11.6 Å². The van der Waals surface area contributed by atoms with Crippen molar-refractivity contribution >= 4 is 52.0 Å². The molecule has 1 atom stereocenters. The summed E-state index contributed by atoms with van der Waals surface area (Å²) < 4.78 is 27.4. The number of nitrogens with one attached hydrogen (secondary N) is 2. The van der Waals surface area contributed by atoms with E-state index in [1.807, 2.05) is 48.0 Å². The minimum atomic E-state index is -4.03. The molecule has 0 heterocycles. The number of carbonyl (C=O) groups is 3. The second-order valence-corrected chi connectivity index (χ2v) is 13.1. The summed E-state index contributed by atoms with van der Waals surface area (Å²) in [4.78, 5) is 38.8. The van der Waals surface area contributed by atoms with Gasteiger partial charge in [0.05, 0.1) is 4.90 Å². The zero-order valence-corrected chi connectivity index (χ0v) is 26.9. The first-order valence-corrected chi connectivity index (χ1v) is 16.5. The number of amides is 3. The highest BCUT2D eigenvalue weighted by Gasteiger charge is 2.21. The molecule has 3 aromatic rings. The van der Waals surface area contributed by atoms with Crippen molar-refractivity contribution in [1.82, 2.24) is 14.9 Å². The summed E-state index contributed by atoms with van der Waals surface area (Å²) in [6.07, 6.45) is 2.84. The van der Waals surface area contributed by atoms with E-state index in [-0.39, 0.29) is 34.9 Å². The summed E-state index contributed by atoms with van der Waals surface area (Å²) in [5.74, 6) is -0.862. The highest BCUT2D eigenvalue weighted by atomic mass is 35.5. The SMILES string of the molecule is CCCCC(=O)N(CCC(=O)NC[C@H](S)Cc1cccc(Cl)c1)Cc1ccc(-c2ccccc2S(=O)(=O)NC(C)=O)cc1. The van der Waals surface area contributed by atoms with Crippen LogP contribution in [0.5, 0.6) is 0 Å². The maximum Gasteiger partial charge on any atom is 0.264 e. The zero-order chi connectivity index (χ0) is 31.4. The maximum absolute atomic E-state index is 13.0. The number of carbonyl (C=O) groups excluding carboxylic acids is 3. The molecule has 43 heavy (non-hydrogen) atoms. The molecule has 0 saturated carbocycles. The normalized spacial score (nSPS) is 11.9. The molecule has 11 heteroatoms. The van der Waals surface area contributed by atoms with Crippen LogP contribution in [0.4, 0.5) is 0 Å². The van der Waals surface area contributed by atoms with Gasteiger partial charge in [0.1, 0.15) is 0 Å². The van der Waals surface area contributed by atoms with Crippen molar-refractivity contribution in [3.8, 4) is 11.1 Å². The first-order valence-electron chi connectivity index (χ1n) is 14.2. The zero-order valence-electron chi connectivity index (χ0n) is 24.4. The lowest BCUT2D eigenvalue weighted by atomic mass is 10.0. The van der Waals surface area contributed by atoms with E-state index in [0.29, 0.717) is 42.1 Å². The first kappa shape index (κ1) is 34.2. The van der Waals surface area contributed by atoms with Gasteiger partial charge in [0.15, 0.2) is 0 Å². The summed E-state index contributed by atoms with van der Waals surface area (Å²) in [7, 11) is -4.03. The molecule has 230 valence electrons. The molecule has 8 nitrogen and oxygen atoms in total. The van der Waals surface area contributed by atoms with Gasteiger partial charge in [0, 0.05) is 55.2 Å². The van der Waals surface area contributed by atoms with Gasteiger partial charge in [-0.3, -0.25) is 14.4 Å². The van der Waals surface area contributed by atoms with Crippen molar-refractivity contribution in [1.29, 1.82) is 0 Å². The fourth-order valence-electron chi connectivity index (χ4n) is 4.54. The highest BCUT2D eigenvalue weighted by molar-refractivity contribution is 7.90. The molecule has 0 aromatic heterocycles. The molecule has 0 fully saturated rings. The number of hydrogen-bond acceptors (Lipinski definition) is 6. The summed E-state index contributed by atoms with van der Waals surface area (Å²) in [6, 6.07) is 21.2. The molecule has 0 bridgehead atoms. The summed E-state index contributed by atoms with van der Waals surface area (Å²) >= 11 is 10.6. The third-order valence-electron chi connectivity index (χ3n) is 6.69. The van der Waals surface area contributed by atoms with Crippen molar-refractivity contribution in [3.05, 3.63) is 88.9 Å². The van der Waals surface area contributed by atoms with Crippen molar-refractivity contribution in [2.24, 2.45) is 0 Å². The molecule has 3 amide bonds. The third-order valence-corrected chi connectivity index (χ3v) is 8.79. The summed E-state index contributed by atoms with van der Waals surface area (Å²) in [6.45, 7) is 4.13. The fraction of sp³-hybridized carbons (Fsp3) is 0.344. The molecule has 0 aliphatic rings. The molecule has 0 aliphatic heterocycles. The van der Waals surface area contributed by atoms with Crippen LogP contribution in [-0.2, 0) is 37.4 Å². The van der Waals surface area contributed by atoms with E-state index >= 15 is 0 Å². The number of hydrogen-bond donors (Lipinski definition) is 3. The van der Waals surface area contributed by atoms with Crippen LogP contribution in [0.1, 0.15) is 50.7 Å². The molecule has 0 radical (unpaired) electrons. The van der Waals surface area contributed by atoms with Crippen LogP contribution in [0.25, 0.3) is 11.1 Å². The Kier molecular flexibility index (Phi) is 13.1. The molecular formula is C32H38ClN3O5S2. The van der Waals surface area contributed by atoms with Gasteiger partial charge in [-0.2, -0.15) is 12.6 Å². The third kappa shape index (κ3) is 11.0. The second kappa shape index (κ2) is 16.5. The lowest BCUT2D eigenvalue weighted by Gasteiger charge is -2.23. The van der Waals surface area contributed by atoms with Crippen LogP contribution in [0.3, 0.4) is 0 Å². The molecule has 0 aliphatic carbocycles. The van der Waals surface area contributed by atoms with Crippen LogP contribution < -0.4 is 10.0 Å². The standard InChI is InChI=1S/C32H38ClN3O5S2/c1-3-4-12-32(39)36(18-17-31(38)34-21-28(42)20-25-8-7-9-27(33)19-25)22-24-13-15-26(16-14-24)29-10-5-6-11-30(29)43(40,41)35-23(2)37/h5-11,13-16,19,28,42H,3-4,12,17-18,20-22H2,1-2H3,(H,34,38)(H,35,37)/t28-/m1/s1. The van der Waals surface area contributed by atoms with E-state index in [0.717, 1.165) is 30.9 Å². The molecule has 3 rings (SSSR count). The first-order chi connectivity index (χ1) is 20.5. The predicted octanol–water partition coefficient (Wildman–Crippen LogP) is 5.40. The Balaban J connectivity index is 1.64. The van der Waals surface area contributed by atoms with E-state index in [9.17, 15) is 22.8 Å². The Morgan fingerprint density at radius 1 is 0.953 bits per heavy atom. The van der Waals surface area contributed by atoms with Crippen LogP contribution in [0.2, 0.25) is 5.02 Å². The Hall–Kier alpha value is -3.34. The molecule has 0 unspecified atom stereocenters. The van der Waals surface area contributed by atoms with Crippen molar-refractivity contribution in [2.45, 2.75) is 62.6 Å². The van der Waals surface area contributed by atoms with Gasteiger partial charge in [-0.25, -0.2) is 13.1 Å². The summed E-state index contributed by atoms with van der Waals surface area (Å²) in [5.41, 5.74) is 2.98. The van der Waals surface area contributed by atoms with Crippen molar-refractivity contribution in [3.63, 3.8) is 0 Å². The average Bonchev–Trinajstić information content (AvgIpc) is 2.96. The topological polar surface area (TPSA) is 113 Å². The fourth-order valence-corrected chi connectivity index (χ4v) is 6.27. The van der Waals surface area contributed by atoms with E-state index < -0.39 is 15.9 Å². The quantitative estimate of drug-likeness (QED) is 0.192. The number of rotatable bonds is 15. The van der Waals surface area contributed by atoms with Crippen LogP contribution in [0.15, 0.2) is 77.7 Å². The number of thiol groups is 1. The minimum Gasteiger partial charge on any atom is -0.355 e. The van der Waals surface area contributed by atoms with Gasteiger partial charge < -0.3 is 10.2 Å². The molecule has 0 spiro atoms. The highest BCUT2D eigenvalue weighted by Crippen LogP contribution is 2.28. The van der Waals surface area contributed by atoms with Gasteiger partial charge in [0.25, 0.3) is 10.0 Å².